The van der Waals surface area contributed by atoms with Crippen LogP contribution in [0.1, 0.15) is 30.4 Å². The number of benzene rings is 2. The molecular formula is C22H26Cl2N2O. The molecule has 0 radical (unpaired) electrons. The summed E-state index contributed by atoms with van der Waals surface area (Å²) in [4.78, 5) is 2.17. The predicted octanol–water partition coefficient (Wildman–Crippen LogP) is 5.83. The third-order valence-corrected chi connectivity index (χ3v) is 5.81. The van der Waals surface area contributed by atoms with Crippen LogP contribution in [0.3, 0.4) is 0 Å². The van der Waals surface area contributed by atoms with E-state index < -0.39 is 0 Å². The van der Waals surface area contributed by atoms with Gasteiger partial charge in [0.1, 0.15) is 0 Å². The van der Waals surface area contributed by atoms with Crippen LogP contribution in [0.25, 0.3) is 0 Å². The van der Waals surface area contributed by atoms with E-state index >= 15 is 0 Å². The van der Waals surface area contributed by atoms with Gasteiger partial charge in [0.05, 0.1) is 15.9 Å². The molecule has 144 valence electrons. The number of hydrogen-bond acceptors (Lipinski definition) is 2. The molecule has 3 rings (SSSR count). The molecule has 1 aliphatic heterocycles. The number of hydrogen-bond donors (Lipinski definition) is 1. The first-order valence-electron chi connectivity index (χ1n) is 9.50. The lowest BCUT2D eigenvalue weighted by atomic mass is 9.95. The minimum Gasteiger partial charge on any atom is -0.381 e. The summed E-state index contributed by atoms with van der Waals surface area (Å²) in [6, 6.07) is 16.2. The molecule has 5 heteroatoms. The van der Waals surface area contributed by atoms with Crippen LogP contribution in [0.5, 0.6) is 0 Å². The van der Waals surface area contributed by atoms with Gasteiger partial charge in [0, 0.05) is 32.7 Å². The zero-order chi connectivity index (χ0) is 19.1. The first-order valence-corrected chi connectivity index (χ1v) is 10.3. The highest BCUT2D eigenvalue weighted by atomic mass is 35.5. The van der Waals surface area contributed by atoms with Gasteiger partial charge < -0.3 is 9.64 Å². The first kappa shape index (κ1) is 20.2. The predicted molar refractivity (Wildman–Crippen MR) is 113 cm³/mol. The van der Waals surface area contributed by atoms with Crippen LogP contribution in [0.2, 0.25) is 10.0 Å². The van der Waals surface area contributed by atoms with Crippen molar-refractivity contribution in [2.24, 2.45) is 5.92 Å². The van der Waals surface area contributed by atoms with Crippen LogP contribution < -0.4 is 0 Å². The molecule has 0 aliphatic carbocycles. The molecule has 0 spiro atoms. The van der Waals surface area contributed by atoms with Crippen LogP contribution in [-0.2, 0) is 17.7 Å². The van der Waals surface area contributed by atoms with Gasteiger partial charge in [-0.25, -0.2) is 0 Å². The summed E-state index contributed by atoms with van der Waals surface area (Å²) in [5, 5.41) is 9.85. The van der Waals surface area contributed by atoms with E-state index in [1.807, 2.05) is 24.3 Å². The topological polar surface area (TPSA) is 36.3 Å². The summed E-state index contributed by atoms with van der Waals surface area (Å²) >= 11 is 12.2. The zero-order valence-corrected chi connectivity index (χ0v) is 17.0. The second kappa shape index (κ2) is 10.1. The SMILES string of the molecule is N=C(CC1CCOCC1)N(CCc1ccccc1)Cc1ccc(Cl)c(Cl)c1. The minimum atomic E-state index is 0.541. The molecule has 1 aliphatic rings. The molecule has 2 aromatic rings. The highest BCUT2D eigenvalue weighted by Crippen LogP contribution is 2.24. The molecule has 0 bridgehead atoms. The Kier molecular flexibility index (Phi) is 7.57. The maximum atomic E-state index is 8.72. The number of nitrogens with one attached hydrogen (secondary N) is 1. The van der Waals surface area contributed by atoms with Gasteiger partial charge in [0.25, 0.3) is 0 Å². The van der Waals surface area contributed by atoms with E-state index in [2.05, 4.69) is 29.2 Å². The van der Waals surface area contributed by atoms with Gasteiger partial charge in [-0.3, -0.25) is 5.41 Å². The maximum Gasteiger partial charge on any atom is 0.0963 e. The molecule has 1 fully saturated rings. The van der Waals surface area contributed by atoms with Gasteiger partial charge in [-0.05, 0) is 48.4 Å². The van der Waals surface area contributed by atoms with Crippen molar-refractivity contribution < 1.29 is 4.74 Å². The van der Waals surface area contributed by atoms with Gasteiger partial charge >= 0.3 is 0 Å². The molecule has 1 heterocycles. The highest BCUT2D eigenvalue weighted by Gasteiger charge is 2.19. The Morgan fingerprint density at radius 1 is 1.00 bits per heavy atom. The number of amidine groups is 1. The van der Waals surface area contributed by atoms with Crippen LogP contribution in [0, 0.1) is 11.3 Å². The maximum absolute atomic E-state index is 8.72. The smallest absolute Gasteiger partial charge is 0.0963 e. The number of ether oxygens (including phenoxy) is 1. The average Bonchev–Trinajstić information content (AvgIpc) is 2.69. The Hall–Kier alpha value is -1.55. The van der Waals surface area contributed by atoms with E-state index in [0.717, 1.165) is 51.0 Å². The van der Waals surface area contributed by atoms with Crippen LogP contribution in [-0.4, -0.2) is 30.5 Å². The lowest BCUT2D eigenvalue weighted by Crippen LogP contribution is -2.34. The Morgan fingerprint density at radius 2 is 1.74 bits per heavy atom. The zero-order valence-electron chi connectivity index (χ0n) is 15.5. The molecule has 3 nitrogen and oxygen atoms in total. The van der Waals surface area contributed by atoms with Crippen molar-refractivity contribution in [2.75, 3.05) is 19.8 Å². The van der Waals surface area contributed by atoms with Crippen molar-refractivity contribution >= 4 is 29.0 Å². The highest BCUT2D eigenvalue weighted by molar-refractivity contribution is 6.42. The summed E-state index contributed by atoms with van der Waals surface area (Å²) < 4.78 is 5.46. The molecule has 0 atom stereocenters. The Bertz CT molecular complexity index is 745. The number of halogens is 2. The fraction of sp³-hybridized carbons (Fsp3) is 0.409. The summed E-state index contributed by atoms with van der Waals surface area (Å²) in [6.45, 7) is 3.11. The monoisotopic (exact) mass is 404 g/mol. The van der Waals surface area contributed by atoms with Crippen molar-refractivity contribution in [2.45, 2.75) is 32.2 Å². The van der Waals surface area contributed by atoms with Gasteiger partial charge in [-0.1, -0.05) is 59.6 Å². The molecule has 2 aromatic carbocycles. The first-order chi connectivity index (χ1) is 13.1. The third-order valence-electron chi connectivity index (χ3n) is 5.08. The second-order valence-corrected chi connectivity index (χ2v) is 7.93. The van der Waals surface area contributed by atoms with E-state index in [1.165, 1.54) is 5.56 Å². The van der Waals surface area contributed by atoms with Crippen LogP contribution in [0.15, 0.2) is 48.5 Å². The van der Waals surface area contributed by atoms with Crippen LogP contribution >= 0.6 is 23.2 Å². The lowest BCUT2D eigenvalue weighted by molar-refractivity contribution is 0.0675. The summed E-state index contributed by atoms with van der Waals surface area (Å²) in [5.41, 5.74) is 2.37. The fourth-order valence-corrected chi connectivity index (χ4v) is 3.75. The van der Waals surface area contributed by atoms with E-state index in [4.69, 9.17) is 33.3 Å². The minimum absolute atomic E-state index is 0.541. The van der Waals surface area contributed by atoms with Crippen molar-refractivity contribution in [1.82, 2.24) is 4.90 Å². The Labute approximate surface area is 171 Å². The fourth-order valence-electron chi connectivity index (χ4n) is 3.43. The molecule has 0 aromatic heterocycles. The molecular weight excluding hydrogens is 379 g/mol. The van der Waals surface area contributed by atoms with Gasteiger partial charge in [0.2, 0.25) is 0 Å². The number of rotatable bonds is 7. The van der Waals surface area contributed by atoms with Crippen molar-refractivity contribution in [3.05, 3.63) is 69.7 Å². The van der Waals surface area contributed by atoms with Crippen molar-refractivity contribution in [3.63, 3.8) is 0 Å². The standard InChI is InChI=1S/C22H26Cl2N2O/c23-20-7-6-19(14-21(20)24)16-26(11-8-17-4-2-1-3-5-17)22(25)15-18-9-12-27-13-10-18/h1-7,14,18,25H,8-13,15-16H2. The van der Waals surface area contributed by atoms with Crippen LogP contribution in [0.4, 0.5) is 0 Å². The quantitative estimate of drug-likeness (QED) is 0.465. The van der Waals surface area contributed by atoms with E-state index in [-0.39, 0.29) is 0 Å². The number of nitrogens with zero attached hydrogens (tertiary/aromatic N) is 1. The summed E-state index contributed by atoms with van der Waals surface area (Å²) in [7, 11) is 0. The van der Waals surface area contributed by atoms with Gasteiger partial charge in [-0.15, -0.1) is 0 Å². The van der Waals surface area contributed by atoms with E-state index in [0.29, 0.717) is 28.3 Å². The average molecular weight is 405 g/mol. The molecule has 0 amide bonds. The third kappa shape index (κ3) is 6.24. The van der Waals surface area contributed by atoms with Crippen molar-refractivity contribution in [1.29, 1.82) is 5.41 Å². The van der Waals surface area contributed by atoms with Gasteiger partial charge in [0.15, 0.2) is 0 Å². The van der Waals surface area contributed by atoms with Crippen molar-refractivity contribution in [3.8, 4) is 0 Å². The molecule has 0 unspecified atom stereocenters. The Morgan fingerprint density at radius 3 is 2.44 bits per heavy atom. The summed E-state index contributed by atoms with van der Waals surface area (Å²) in [6.07, 6.45) is 3.81. The van der Waals surface area contributed by atoms with Gasteiger partial charge in [-0.2, -0.15) is 0 Å². The molecule has 0 saturated carbocycles. The largest absolute Gasteiger partial charge is 0.381 e. The second-order valence-electron chi connectivity index (χ2n) is 7.11. The van der Waals surface area contributed by atoms with E-state index in [1.54, 1.807) is 0 Å². The molecule has 1 saturated heterocycles. The lowest BCUT2D eigenvalue weighted by Gasteiger charge is -2.29. The van der Waals surface area contributed by atoms with E-state index in [9.17, 15) is 0 Å². The summed E-state index contributed by atoms with van der Waals surface area (Å²) in [5.74, 6) is 1.24. The normalized spacial score (nSPS) is 14.9. The molecule has 27 heavy (non-hydrogen) atoms. The molecule has 1 N–H and O–H groups in total. The Balaban J connectivity index is 1.68.